The summed E-state index contributed by atoms with van der Waals surface area (Å²) in [6, 6.07) is 9.36. The van der Waals surface area contributed by atoms with Crippen LogP contribution in [0, 0.1) is 5.82 Å². The number of benzene rings is 2. The monoisotopic (exact) mass is 363 g/mol. The fourth-order valence-corrected chi connectivity index (χ4v) is 3.21. The zero-order valence-corrected chi connectivity index (χ0v) is 13.6. The zero-order chi connectivity index (χ0) is 17.3. The van der Waals surface area contributed by atoms with Gasteiger partial charge in [0, 0.05) is 17.8 Å². The molecule has 2 aromatic carbocycles. The minimum absolute atomic E-state index is 0.0283. The fraction of sp³-hybridized carbons (Fsp3) is 0.0625. The Kier molecular flexibility index (Phi) is 4.46. The summed E-state index contributed by atoms with van der Waals surface area (Å²) in [6.07, 6.45) is -0.601. The molecule has 0 saturated heterocycles. The van der Waals surface area contributed by atoms with Gasteiger partial charge in [0.05, 0.1) is 15.4 Å². The highest BCUT2D eigenvalue weighted by molar-refractivity contribution is 7.13. The van der Waals surface area contributed by atoms with E-state index in [1.165, 1.54) is 11.5 Å². The third kappa shape index (κ3) is 3.22. The first-order chi connectivity index (χ1) is 11.5. The molecule has 122 valence electrons. The Balaban J connectivity index is 1.89. The van der Waals surface area contributed by atoms with Gasteiger partial charge in [-0.2, -0.15) is 4.37 Å². The number of anilines is 1. The molecule has 8 heteroatoms. The van der Waals surface area contributed by atoms with E-state index in [4.69, 9.17) is 11.6 Å². The maximum Gasteiger partial charge on any atom is 0.276 e. The summed E-state index contributed by atoms with van der Waals surface area (Å²) in [4.78, 5) is 22.9. The maximum atomic E-state index is 13.9. The molecule has 3 aromatic rings. The number of hydrogen-bond acceptors (Lipinski definition) is 5. The minimum Gasteiger partial charge on any atom is -0.550 e. The molecule has 0 saturated carbocycles. The van der Waals surface area contributed by atoms with E-state index in [0.29, 0.717) is 5.39 Å². The lowest BCUT2D eigenvalue weighted by molar-refractivity contribution is -0.304. The van der Waals surface area contributed by atoms with Crippen molar-refractivity contribution in [2.24, 2.45) is 0 Å². The summed E-state index contributed by atoms with van der Waals surface area (Å²) >= 11 is 7.18. The van der Waals surface area contributed by atoms with E-state index in [9.17, 15) is 19.1 Å². The second-order valence-electron chi connectivity index (χ2n) is 4.95. The second-order valence-corrected chi connectivity index (χ2v) is 6.17. The Hall–Kier alpha value is -2.51. The van der Waals surface area contributed by atoms with Gasteiger partial charge < -0.3 is 15.2 Å². The lowest BCUT2D eigenvalue weighted by Gasteiger charge is -2.10. The highest BCUT2D eigenvalue weighted by atomic mass is 35.5. The molecule has 0 spiro atoms. The summed E-state index contributed by atoms with van der Waals surface area (Å²) < 4.78 is 18.9. The number of carboxylic acid groups (broad SMARTS) is 1. The Morgan fingerprint density at radius 3 is 2.79 bits per heavy atom. The van der Waals surface area contributed by atoms with Crippen molar-refractivity contribution in [3.8, 4) is 0 Å². The molecule has 0 atom stereocenters. The molecular weight excluding hydrogens is 355 g/mol. The first kappa shape index (κ1) is 16.4. The van der Waals surface area contributed by atoms with Crippen LogP contribution >= 0.6 is 23.1 Å². The molecule has 1 N–H and O–H groups in total. The number of hydrogen-bond donors (Lipinski definition) is 1. The van der Waals surface area contributed by atoms with Crippen LogP contribution in [-0.2, 0) is 11.2 Å². The summed E-state index contributed by atoms with van der Waals surface area (Å²) in [5.41, 5.74) is 0.140. The quantitative estimate of drug-likeness (QED) is 0.772. The van der Waals surface area contributed by atoms with Crippen molar-refractivity contribution in [2.45, 2.75) is 6.42 Å². The van der Waals surface area contributed by atoms with Crippen LogP contribution in [0.4, 0.5) is 10.1 Å². The van der Waals surface area contributed by atoms with Crippen molar-refractivity contribution in [1.82, 2.24) is 4.37 Å². The topological polar surface area (TPSA) is 82.1 Å². The van der Waals surface area contributed by atoms with Crippen LogP contribution < -0.4 is 10.4 Å². The van der Waals surface area contributed by atoms with Gasteiger partial charge in [0.25, 0.3) is 5.91 Å². The number of nitrogens with zero attached hydrogens (tertiary/aromatic N) is 1. The molecule has 1 heterocycles. The lowest BCUT2D eigenvalue weighted by atomic mass is 10.1. The van der Waals surface area contributed by atoms with Crippen molar-refractivity contribution in [1.29, 1.82) is 0 Å². The van der Waals surface area contributed by atoms with E-state index in [1.54, 1.807) is 12.1 Å². The third-order valence-electron chi connectivity index (χ3n) is 3.31. The lowest BCUT2D eigenvalue weighted by Crippen LogP contribution is -2.25. The van der Waals surface area contributed by atoms with Crippen LogP contribution in [0.1, 0.15) is 16.1 Å². The minimum atomic E-state index is -1.42. The van der Waals surface area contributed by atoms with Gasteiger partial charge in [-0.1, -0.05) is 29.8 Å². The number of carbonyl (C=O) groups is 2. The predicted molar refractivity (Wildman–Crippen MR) is 87.7 cm³/mol. The molecule has 0 aliphatic rings. The van der Waals surface area contributed by atoms with Gasteiger partial charge in [-0.15, -0.1) is 0 Å². The standard InChI is InChI=1S/C16H10ClFN2O3S/c17-10-5-8(6-14(21)22)11(18)7-12(10)19-16(23)15-9-3-1-2-4-13(9)24-20-15/h1-5,7H,6H2,(H,19,23)(H,21,22)/p-1. The molecule has 0 unspecified atom stereocenters. The first-order valence-corrected chi connectivity index (χ1v) is 7.94. The van der Waals surface area contributed by atoms with Crippen LogP contribution in [0.15, 0.2) is 36.4 Å². The van der Waals surface area contributed by atoms with E-state index in [1.807, 2.05) is 12.1 Å². The smallest absolute Gasteiger partial charge is 0.276 e. The maximum absolute atomic E-state index is 13.9. The van der Waals surface area contributed by atoms with Gasteiger partial charge in [-0.25, -0.2) is 4.39 Å². The molecule has 3 rings (SSSR count). The third-order valence-corrected chi connectivity index (χ3v) is 4.45. The summed E-state index contributed by atoms with van der Waals surface area (Å²) in [7, 11) is 0. The molecule has 24 heavy (non-hydrogen) atoms. The van der Waals surface area contributed by atoms with E-state index < -0.39 is 24.1 Å². The van der Waals surface area contributed by atoms with Crippen molar-refractivity contribution in [3.05, 3.63) is 58.5 Å². The van der Waals surface area contributed by atoms with Crippen LogP contribution in [0.25, 0.3) is 10.1 Å². The number of aliphatic carboxylic acids is 1. The highest BCUT2D eigenvalue weighted by Gasteiger charge is 2.17. The number of fused-ring (bicyclic) bond motifs is 1. The summed E-state index contributed by atoms with van der Waals surface area (Å²) in [5, 5.41) is 13.8. The Labute approximate surface area is 144 Å². The Bertz CT molecular complexity index is 958. The Morgan fingerprint density at radius 2 is 2.04 bits per heavy atom. The van der Waals surface area contributed by atoms with Crippen LogP contribution in [0.2, 0.25) is 5.02 Å². The van der Waals surface area contributed by atoms with Gasteiger partial charge in [-0.3, -0.25) is 4.79 Å². The van der Waals surface area contributed by atoms with E-state index in [0.717, 1.165) is 16.8 Å². The van der Waals surface area contributed by atoms with Crippen LogP contribution in [0.3, 0.4) is 0 Å². The van der Waals surface area contributed by atoms with E-state index in [2.05, 4.69) is 9.69 Å². The highest BCUT2D eigenvalue weighted by Crippen LogP contribution is 2.28. The number of carboxylic acids is 1. The van der Waals surface area contributed by atoms with Gasteiger partial charge >= 0.3 is 0 Å². The zero-order valence-electron chi connectivity index (χ0n) is 12.0. The number of rotatable bonds is 4. The van der Waals surface area contributed by atoms with Gasteiger partial charge in [0.15, 0.2) is 0 Å². The number of amides is 1. The number of halogens is 2. The van der Waals surface area contributed by atoms with Gasteiger partial charge in [0.1, 0.15) is 11.5 Å². The van der Waals surface area contributed by atoms with Gasteiger partial charge in [-0.05, 0) is 35.3 Å². The molecule has 5 nitrogen and oxygen atoms in total. The molecular formula is C16H9ClFN2O3S-. The summed E-state index contributed by atoms with van der Waals surface area (Å²) in [6.45, 7) is 0. The Morgan fingerprint density at radius 1 is 1.29 bits per heavy atom. The molecule has 0 aliphatic heterocycles. The average molecular weight is 364 g/mol. The van der Waals surface area contributed by atoms with Gasteiger partial charge in [0.2, 0.25) is 0 Å². The van der Waals surface area contributed by atoms with Crippen molar-refractivity contribution in [3.63, 3.8) is 0 Å². The number of carbonyl (C=O) groups excluding carboxylic acids is 2. The molecule has 1 amide bonds. The van der Waals surface area contributed by atoms with E-state index >= 15 is 0 Å². The van der Waals surface area contributed by atoms with Crippen LogP contribution in [0.5, 0.6) is 0 Å². The second kappa shape index (κ2) is 6.54. The largest absolute Gasteiger partial charge is 0.550 e. The molecule has 0 fully saturated rings. The van der Waals surface area contributed by atoms with Crippen molar-refractivity contribution >= 4 is 50.8 Å². The SMILES string of the molecule is O=C([O-])Cc1cc(Cl)c(NC(=O)c2nsc3ccccc23)cc1F. The normalized spacial score (nSPS) is 10.8. The molecule has 0 bridgehead atoms. The molecule has 1 aromatic heterocycles. The van der Waals surface area contributed by atoms with Crippen LogP contribution in [-0.4, -0.2) is 16.3 Å². The summed E-state index contributed by atoms with van der Waals surface area (Å²) in [5.74, 6) is -2.74. The van der Waals surface area contributed by atoms with Crippen molar-refractivity contribution in [2.75, 3.05) is 5.32 Å². The van der Waals surface area contributed by atoms with Crippen molar-refractivity contribution < 1.29 is 19.1 Å². The molecule has 0 aliphatic carbocycles. The van der Waals surface area contributed by atoms with E-state index in [-0.39, 0.29) is 22.0 Å². The average Bonchev–Trinajstić information content (AvgIpc) is 2.95. The fourth-order valence-electron chi connectivity index (χ4n) is 2.21. The predicted octanol–water partition coefficient (Wildman–Crippen LogP) is 2.63. The number of aromatic nitrogens is 1. The first-order valence-electron chi connectivity index (χ1n) is 6.79. The molecule has 0 radical (unpaired) electrons. The number of nitrogens with one attached hydrogen (secondary N) is 1.